The zero-order valence-corrected chi connectivity index (χ0v) is 22.6. The molecule has 4 N–H and O–H groups in total. The third-order valence-electron chi connectivity index (χ3n) is 6.94. The van der Waals surface area contributed by atoms with Crippen LogP contribution in [0.1, 0.15) is 38.5 Å². The lowest BCUT2D eigenvalue weighted by atomic mass is 10.0. The predicted octanol–water partition coefficient (Wildman–Crippen LogP) is 3.13. The van der Waals surface area contributed by atoms with Gasteiger partial charge in [0.05, 0.1) is 29.1 Å². The quantitative estimate of drug-likeness (QED) is 0.418. The van der Waals surface area contributed by atoms with Gasteiger partial charge in [-0.3, -0.25) is 14.6 Å². The van der Waals surface area contributed by atoms with E-state index in [0.29, 0.717) is 53.7 Å². The largest absolute Gasteiger partial charge is 0.493 e. The Balaban J connectivity index is 0.000000493. The lowest BCUT2D eigenvalue weighted by molar-refractivity contribution is -0.192. The lowest BCUT2D eigenvalue weighted by Gasteiger charge is -2.21. The molecule has 11 nitrogen and oxygen atoms in total. The first kappa shape index (κ1) is 29.5. The van der Waals surface area contributed by atoms with Gasteiger partial charge in [0.2, 0.25) is 0 Å². The number of alkyl halides is 3. The summed E-state index contributed by atoms with van der Waals surface area (Å²) in [5.41, 5.74) is 9.91. The zero-order valence-electron chi connectivity index (χ0n) is 22.6. The van der Waals surface area contributed by atoms with Crippen molar-refractivity contribution < 1.29 is 37.4 Å². The van der Waals surface area contributed by atoms with Gasteiger partial charge in [0.15, 0.2) is 0 Å². The van der Waals surface area contributed by atoms with Gasteiger partial charge in [-0.25, -0.2) is 9.78 Å². The summed E-state index contributed by atoms with van der Waals surface area (Å²) in [7, 11) is 4.05. The predicted molar refractivity (Wildman–Crippen MR) is 143 cm³/mol. The van der Waals surface area contributed by atoms with Crippen LogP contribution in [0.15, 0.2) is 30.5 Å². The van der Waals surface area contributed by atoms with Crippen LogP contribution in [0, 0.1) is 6.92 Å². The standard InChI is InChI=1S/C25H28N6O3.C2HF3O2/c1-14-22-17(11-20(28-14)25(33)31-9-7-15(13-31)30(2)3)23(18(12-27-22)24(26)32)29-19-5-4-6-21-16(19)8-10-34-21;3-2(4,5)1(6)7/h4-6,11-12,15H,7-10,13H2,1-3H3,(H2,26,32)(H,27,29);(H,6,7)/t15-;/m1./s1. The van der Waals surface area contributed by atoms with E-state index in [2.05, 4.69) is 20.2 Å². The highest BCUT2D eigenvalue weighted by molar-refractivity contribution is 6.09. The number of likely N-dealkylation sites (N-methyl/N-ethyl adjacent to an activating group) is 1. The number of benzene rings is 1. The second-order valence-corrected chi connectivity index (χ2v) is 9.87. The summed E-state index contributed by atoms with van der Waals surface area (Å²) in [6, 6.07) is 7.81. The molecule has 3 aromatic rings. The molecule has 0 radical (unpaired) electrons. The number of aliphatic carboxylic acids is 1. The third-order valence-corrected chi connectivity index (χ3v) is 6.94. The van der Waals surface area contributed by atoms with Gasteiger partial charge in [-0.2, -0.15) is 13.2 Å². The van der Waals surface area contributed by atoms with Crippen molar-refractivity contribution >= 4 is 40.1 Å². The van der Waals surface area contributed by atoms with E-state index in [-0.39, 0.29) is 11.5 Å². The molecule has 1 atom stereocenters. The molecule has 2 aliphatic heterocycles. The molecule has 0 saturated carbocycles. The maximum absolute atomic E-state index is 13.3. The average Bonchev–Trinajstić information content (AvgIpc) is 3.59. The molecule has 41 heavy (non-hydrogen) atoms. The topological polar surface area (TPSA) is 151 Å². The number of fused-ring (bicyclic) bond motifs is 2. The fourth-order valence-electron chi connectivity index (χ4n) is 4.77. The summed E-state index contributed by atoms with van der Waals surface area (Å²) >= 11 is 0. The molecule has 2 aliphatic rings. The van der Waals surface area contributed by atoms with Crippen LogP contribution < -0.4 is 15.8 Å². The van der Waals surface area contributed by atoms with Crippen molar-refractivity contribution in [2.45, 2.75) is 32.0 Å². The molecule has 0 bridgehead atoms. The van der Waals surface area contributed by atoms with Gasteiger partial charge in [0, 0.05) is 48.4 Å². The fraction of sp³-hybridized carbons (Fsp3) is 0.370. The smallest absolute Gasteiger partial charge is 0.490 e. The molecule has 2 aromatic heterocycles. The van der Waals surface area contributed by atoms with Gasteiger partial charge >= 0.3 is 12.1 Å². The number of amides is 2. The van der Waals surface area contributed by atoms with Crippen molar-refractivity contribution in [1.29, 1.82) is 0 Å². The van der Waals surface area contributed by atoms with Gasteiger partial charge in [0.25, 0.3) is 11.8 Å². The van der Waals surface area contributed by atoms with Crippen LogP contribution in [0.3, 0.4) is 0 Å². The fourth-order valence-corrected chi connectivity index (χ4v) is 4.77. The Bertz CT molecular complexity index is 1510. The number of nitrogens with zero attached hydrogens (tertiary/aromatic N) is 4. The highest BCUT2D eigenvalue weighted by Gasteiger charge is 2.38. The van der Waals surface area contributed by atoms with Gasteiger partial charge < -0.3 is 30.7 Å². The molecule has 1 saturated heterocycles. The van der Waals surface area contributed by atoms with Gasteiger partial charge in [-0.1, -0.05) is 6.07 Å². The number of hydrogen-bond donors (Lipinski definition) is 3. The zero-order chi connectivity index (χ0) is 30.1. The average molecular weight is 575 g/mol. The molecule has 5 rings (SSSR count). The van der Waals surface area contributed by atoms with E-state index in [1.807, 2.05) is 44.1 Å². The van der Waals surface area contributed by atoms with Crippen LogP contribution in [0.25, 0.3) is 10.9 Å². The number of halogens is 3. The van der Waals surface area contributed by atoms with Crippen molar-refractivity contribution in [1.82, 2.24) is 19.8 Å². The summed E-state index contributed by atoms with van der Waals surface area (Å²) in [6.07, 6.45) is -1.93. The van der Waals surface area contributed by atoms with E-state index in [0.717, 1.165) is 29.8 Å². The highest BCUT2D eigenvalue weighted by atomic mass is 19.4. The normalized spacial score (nSPS) is 16.2. The molecular formula is C27H29F3N6O5. The number of likely N-dealkylation sites (tertiary alicyclic amines) is 1. The Labute approximate surface area is 233 Å². The van der Waals surface area contributed by atoms with Gasteiger partial charge in [-0.05, 0) is 45.6 Å². The molecule has 0 spiro atoms. The first-order chi connectivity index (χ1) is 19.3. The van der Waals surface area contributed by atoms with Crippen molar-refractivity contribution in [3.05, 3.63) is 53.0 Å². The Morgan fingerprint density at radius 1 is 1.24 bits per heavy atom. The van der Waals surface area contributed by atoms with E-state index in [1.54, 1.807) is 6.07 Å². The maximum Gasteiger partial charge on any atom is 0.490 e. The number of primary amides is 1. The minimum absolute atomic E-state index is 0.126. The van der Waals surface area contributed by atoms with Crippen LogP contribution in [0.4, 0.5) is 24.5 Å². The second-order valence-electron chi connectivity index (χ2n) is 9.87. The number of nitrogens with one attached hydrogen (secondary N) is 1. The monoisotopic (exact) mass is 574 g/mol. The molecular weight excluding hydrogens is 545 g/mol. The number of pyridine rings is 2. The number of carbonyl (C=O) groups is 3. The number of aromatic nitrogens is 2. The van der Waals surface area contributed by atoms with Gasteiger partial charge in [-0.15, -0.1) is 0 Å². The van der Waals surface area contributed by atoms with Crippen molar-refractivity contribution in [2.75, 3.05) is 39.1 Å². The summed E-state index contributed by atoms with van der Waals surface area (Å²) in [4.78, 5) is 47.6. The van der Waals surface area contributed by atoms with E-state index in [4.69, 9.17) is 20.4 Å². The molecule has 0 aliphatic carbocycles. The minimum atomic E-state index is -5.08. The number of hydrogen-bond acceptors (Lipinski definition) is 8. The number of nitrogens with two attached hydrogens (primary N) is 1. The molecule has 14 heteroatoms. The summed E-state index contributed by atoms with van der Waals surface area (Å²) in [6.45, 7) is 3.77. The van der Waals surface area contributed by atoms with Gasteiger partial charge in [0.1, 0.15) is 11.4 Å². The Morgan fingerprint density at radius 3 is 2.56 bits per heavy atom. The SMILES string of the molecule is Cc1nc(C(=O)N2CC[C@@H](N(C)C)C2)cc2c(Nc3cccc4c3CCO4)c(C(N)=O)cnc12.O=C(O)C(F)(F)F. The van der Waals surface area contributed by atoms with E-state index < -0.39 is 18.1 Å². The van der Waals surface area contributed by atoms with Crippen LogP contribution in [-0.2, 0) is 11.2 Å². The van der Waals surface area contributed by atoms with Crippen molar-refractivity contribution in [2.24, 2.45) is 5.73 Å². The molecule has 1 fully saturated rings. The number of carbonyl (C=O) groups excluding carboxylic acids is 2. The Kier molecular flexibility index (Phi) is 8.33. The lowest BCUT2D eigenvalue weighted by Crippen LogP contribution is -2.34. The molecule has 1 aromatic carbocycles. The van der Waals surface area contributed by atoms with Crippen molar-refractivity contribution in [3.63, 3.8) is 0 Å². The minimum Gasteiger partial charge on any atom is -0.493 e. The first-order valence-corrected chi connectivity index (χ1v) is 12.7. The van der Waals surface area contributed by atoms with E-state index in [1.165, 1.54) is 6.20 Å². The number of carboxylic acid groups (broad SMARTS) is 1. The van der Waals surface area contributed by atoms with Crippen LogP contribution in [0.2, 0.25) is 0 Å². The van der Waals surface area contributed by atoms with Crippen molar-refractivity contribution in [3.8, 4) is 5.75 Å². The highest BCUT2D eigenvalue weighted by Crippen LogP contribution is 2.36. The summed E-state index contributed by atoms with van der Waals surface area (Å²) in [5.74, 6) is -2.66. The molecule has 0 unspecified atom stereocenters. The molecule has 218 valence electrons. The van der Waals surface area contributed by atoms with E-state index in [9.17, 15) is 22.8 Å². The third kappa shape index (κ3) is 6.32. The molecule has 2 amide bonds. The maximum atomic E-state index is 13.3. The summed E-state index contributed by atoms with van der Waals surface area (Å²) in [5, 5.41) is 11.2. The van der Waals surface area contributed by atoms with Crippen LogP contribution in [0.5, 0.6) is 5.75 Å². The number of aryl methyl sites for hydroxylation is 1. The molecule has 4 heterocycles. The van der Waals surface area contributed by atoms with E-state index >= 15 is 0 Å². The Hall–Kier alpha value is -4.46. The summed E-state index contributed by atoms with van der Waals surface area (Å²) < 4.78 is 37.4. The number of ether oxygens (including phenoxy) is 1. The second kappa shape index (κ2) is 11.6. The van der Waals surface area contributed by atoms with Crippen LogP contribution >= 0.6 is 0 Å². The first-order valence-electron chi connectivity index (χ1n) is 12.7. The Morgan fingerprint density at radius 2 is 1.95 bits per heavy atom. The number of rotatable bonds is 5. The number of carboxylic acids is 1. The number of anilines is 2. The van der Waals surface area contributed by atoms with Crippen LogP contribution in [-0.4, -0.2) is 88.7 Å².